The first-order chi connectivity index (χ1) is 15.0. The minimum atomic E-state index is -0.255. The number of ether oxygens (including phenoxy) is 2. The number of hydrogen-bond donors (Lipinski definition) is 1. The maximum absolute atomic E-state index is 12.1. The number of anilines is 1. The molecule has 0 aliphatic rings. The Morgan fingerprint density at radius 3 is 2.65 bits per heavy atom. The molecule has 0 aliphatic heterocycles. The Kier molecular flexibility index (Phi) is 5.94. The molecule has 0 atom stereocenters. The third-order valence-electron chi connectivity index (χ3n) is 4.38. The van der Waals surface area contributed by atoms with E-state index in [0.29, 0.717) is 27.8 Å². The highest BCUT2D eigenvalue weighted by Crippen LogP contribution is 2.18. The van der Waals surface area contributed by atoms with Crippen molar-refractivity contribution in [3.63, 3.8) is 0 Å². The molecule has 0 saturated heterocycles. The van der Waals surface area contributed by atoms with Gasteiger partial charge in [0.15, 0.2) is 6.61 Å². The maximum atomic E-state index is 12.1. The predicted molar refractivity (Wildman–Crippen MR) is 118 cm³/mol. The van der Waals surface area contributed by atoms with Crippen LogP contribution in [0.3, 0.4) is 0 Å². The Labute approximate surface area is 182 Å². The number of nitrogens with zero attached hydrogens (tertiary/aromatic N) is 3. The fourth-order valence-electron chi connectivity index (χ4n) is 2.88. The van der Waals surface area contributed by atoms with Crippen molar-refractivity contribution >= 4 is 27.9 Å². The summed E-state index contributed by atoms with van der Waals surface area (Å²) >= 11 is 1.35. The lowest BCUT2D eigenvalue weighted by Gasteiger charge is -2.10. The molecule has 2 aromatic carbocycles. The van der Waals surface area contributed by atoms with Crippen molar-refractivity contribution < 1.29 is 14.3 Å². The maximum Gasteiger partial charge on any atom is 0.275 e. The predicted octanol–water partition coefficient (Wildman–Crippen LogP) is 3.36. The van der Waals surface area contributed by atoms with Crippen molar-refractivity contribution in [1.29, 1.82) is 0 Å². The first-order valence-electron chi connectivity index (χ1n) is 9.55. The fraction of sp³-hybridized carbons (Fsp3) is 0.182. The Balaban J connectivity index is 1.31. The Morgan fingerprint density at radius 2 is 1.87 bits per heavy atom. The second-order valence-corrected chi connectivity index (χ2v) is 7.98. The monoisotopic (exact) mass is 436 g/mol. The number of fused-ring (bicyclic) bond motifs is 1. The smallest absolute Gasteiger partial charge is 0.275 e. The van der Waals surface area contributed by atoms with E-state index < -0.39 is 0 Å². The summed E-state index contributed by atoms with van der Waals surface area (Å²) in [6, 6.07) is 15.9. The van der Waals surface area contributed by atoms with Crippen LogP contribution in [0, 0.1) is 13.8 Å². The second-order valence-electron chi connectivity index (χ2n) is 6.82. The molecule has 0 fully saturated rings. The number of nitrogens with one attached hydrogen (secondary N) is 1. The van der Waals surface area contributed by atoms with Crippen molar-refractivity contribution in [2.24, 2.45) is 0 Å². The van der Waals surface area contributed by atoms with Gasteiger partial charge in [-0.15, -0.1) is 0 Å². The molecular weight excluding hydrogens is 416 g/mol. The molecule has 0 unspecified atom stereocenters. The molecule has 4 aromatic rings. The minimum Gasteiger partial charge on any atom is -0.487 e. The standard InChI is InChI=1S/C22H20N4O4S/c1-14-5-3-4-6-19(14)30-13-20(27)23-16-7-9-18(10-8-16)29-12-17-11-21(28)26-22(24-17)31-15(2)25-26/h3-11H,12-13H2,1-2H3,(H,23,27). The van der Waals surface area contributed by atoms with Gasteiger partial charge in [-0.2, -0.15) is 9.61 Å². The number of benzene rings is 2. The molecule has 2 heterocycles. The average molecular weight is 436 g/mol. The Morgan fingerprint density at radius 1 is 1.10 bits per heavy atom. The van der Waals surface area contributed by atoms with Crippen LogP contribution in [0.2, 0.25) is 0 Å². The topological polar surface area (TPSA) is 94.8 Å². The van der Waals surface area contributed by atoms with Gasteiger partial charge in [-0.25, -0.2) is 4.98 Å². The number of aromatic nitrogens is 3. The lowest BCUT2D eigenvalue weighted by atomic mass is 10.2. The zero-order valence-corrected chi connectivity index (χ0v) is 17.8. The van der Waals surface area contributed by atoms with E-state index in [9.17, 15) is 9.59 Å². The van der Waals surface area contributed by atoms with Gasteiger partial charge in [0.25, 0.3) is 11.5 Å². The molecular formula is C22H20N4O4S. The molecule has 31 heavy (non-hydrogen) atoms. The molecule has 1 N–H and O–H groups in total. The van der Waals surface area contributed by atoms with Crippen LogP contribution >= 0.6 is 11.3 Å². The van der Waals surface area contributed by atoms with Crippen LogP contribution in [0.1, 0.15) is 16.3 Å². The molecule has 4 rings (SSSR count). The lowest BCUT2D eigenvalue weighted by molar-refractivity contribution is -0.118. The number of rotatable bonds is 7. The van der Waals surface area contributed by atoms with Gasteiger partial charge in [-0.3, -0.25) is 9.59 Å². The average Bonchev–Trinajstić information content (AvgIpc) is 3.13. The van der Waals surface area contributed by atoms with E-state index in [0.717, 1.165) is 10.6 Å². The third kappa shape index (κ3) is 5.07. The van der Waals surface area contributed by atoms with Crippen LogP contribution in [0.15, 0.2) is 59.4 Å². The normalized spacial score (nSPS) is 10.8. The van der Waals surface area contributed by atoms with Crippen LogP contribution in [-0.2, 0) is 11.4 Å². The van der Waals surface area contributed by atoms with Crippen molar-refractivity contribution in [2.75, 3.05) is 11.9 Å². The molecule has 0 bridgehead atoms. The van der Waals surface area contributed by atoms with Crippen molar-refractivity contribution in [1.82, 2.24) is 14.6 Å². The number of carbonyl (C=O) groups excluding carboxylic acids is 1. The number of amides is 1. The van der Waals surface area contributed by atoms with Crippen LogP contribution in [0.5, 0.6) is 11.5 Å². The molecule has 2 aromatic heterocycles. The number of carbonyl (C=O) groups is 1. The molecule has 8 nitrogen and oxygen atoms in total. The summed E-state index contributed by atoms with van der Waals surface area (Å²) in [4.78, 5) is 29.2. The molecule has 158 valence electrons. The van der Waals surface area contributed by atoms with E-state index in [2.05, 4.69) is 15.4 Å². The van der Waals surface area contributed by atoms with E-state index in [-0.39, 0.29) is 24.7 Å². The number of para-hydroxylation sites is 1. The molecule has 0 spiro atoms. The summed E-state index contributed by atoms with van der Waals surface area (Å²) in [5, 5.41) is 7.67. The van der Waals surface area contributed by atoms with Gasteiger partial charge in [0, 0.05) is 11.8 Å². The summed E-state index contributed by atoms with van der Waals surface area (Å²) in [7, 11) is 0. The first-order valence-corrected chi connectivity index (χ1v) is 10.4. The van der Waals surface area contributed by atoms with Crippen molar-refractivity contribution in [3.8, 4) is 11.5 Å². The number of hydrogen-bond acceptors (Lipinski definition) is 7. The second kappa shape index (κ2) is 8.97. The fourth-order valence-corrected chi connectivity index (χ4v) is 3.64. The van der Waals surface area contributed by atoms with E-state index in [1.165, 1.54) is 21.9 Å². The highest BCUT2D eigenvalue weighted by atomic mass is 32.1. The zero-order chi connectivity index (χ0) is 21.8. The van der Waals surface area contributed by atoms with Crippen LogP contribution in [0.25, 0.3) is 4.96 Å². The van der Waals surface area contributed by atoms with E-state index >= 15 is 0 Å². The summed E-state index contributed by atoms with van der Waals surface area (Å²) in [6.45, 7) is 3.82. The molecule has 0 saturated carbocycles. The zero-order valence-electron chi connectivity index (χ0n) is 17.0. The lowest BCUT2D eigenvalue weighted by Crippen LogP contribution is -2.20. The summed E-state index contributed by atoms with van der Waals surface area (Å²) in [5.74, 6) is 1.02. The minimum absolute atomic E-state index is 0.0795. The van der Waals surface area contributed by atoms with Gasteiger partial charge in [-0.05, 0) is 49.7 Å². The third-order valence-corrected chi connectivity index (χ3v) is 5.20. The Bertz CT molecular complexity index is 1280. The van der Waals surface area contributed by atoms with Gasteiger partial charge in [-0.1, -0.05) is 29.5 Å². The van der Waals surface area contributed by atoms with E-state index in [4.69, 9.17) is 9.47 Å². The summed E-state index contributed by atoms with van der Waals surface area (Å²) in [5.41, 5.74) is 1.89. The molecule has 1 amide bonds. The largest absolute Gasteiger partial charge is 0.487 e. The number of aryl methyl sites for hydroxylation is 2. The van der Waals surface area contributed by atoms with Gasteiger partial charge in [0.2, 0.25) is 4.96 Å². The highest BCUT2D eigenvalue weighted by Gasteiger charge is 2.08. The quantitative estimate of drug-likeness (QED) is 0.477. The van der Waals surface area contributed by atoms with Crippen molar-refractivity contribution in [2.45, 2.75) is 20.5 Å². The SMILES string of the molecule is Cc1nn2c(=O)cc(COc3ccc(NC(=O)COc4ccccc4C)cc3)nc2s1. The summed E-state index contributed by atoms with van der Waals surface area (Å²) < 4.78 is 12.5. The van der Waals surface area contributed by atoms with Crippen LogP contribution in [-0.4, -0.2) is 27.1 Å². The van der Waals surface area contributed by atoms with E-state index in [1.54, 1.807) is 24.3 Å². The van der Waals surface area contributed by atoms with Crippen LogP contribution in [0.4, 0.5) is 5.69 Å². The first kappa shape index (κ1) is 20.5. The molecule has 9 heteroatoms. The molecule has 0 aliphatic carbocycles. The van der Waals surface area contributed by atoms with Gasteiger partial charge < -0.3 is 14.8 Å². The Hall–Kier alpha value is -3.72. The summed E-state index contributed by atoms with van der Waals surface area (Å²) in [6.07, 6.45) is 0. The molecule has 0 radical (unpaired) electrons. The van der Waals surface area contributed by atoms with Crippen LogP contribution < -0.4 is 20.3 Å². The highest BCUT2D eigenvalue weighted by molar-refractivity contribution is 7.16. The van der Waals surface area contributed by atoms with Gasteiger partial charge in [0.05, 0.1) is 5.69 Å². The van der Waals surface area contributed by atoms with E-state index in [1.807, 2.05) is 38.1 Å². The van der Waals surface area contributed by atoms with Gasteiger partial charge in [0.1, 0.15) is 23.1 Å². The van der Waals surface area contributed by atoms with Crippen molar-refractivity contribution in [3.05, 3.63) is 81.2 Å². The van der Waals surface area contributed by atoms with Gasteiger partial charge >= 0.3 is 0 Å².